The second kappa shape index (κ2) is 7.32. The van der Waals surface area contributed by atoms with E-state index in [0.29, 0.717) is 0 Å². The first-order valence-electron chi connectivity index (χ1n) is 5.61. The summed E-state index contributed by atoms with van der Waals surface area (Å²) in [4.78, 5) is 26.6. The molecule has 0 fully saturated rings. The summed E-state index contributed by atoms with van der Waals surface area (Å²) >= 11 is 0. The van der Waals surface area contributed by atoms with Gasteiger partial charge in [0, 0.05) is 26.3 Å². The normalized spacial score (nSPS) is 11.7. The number of nitrogens with one attached hydrogen (secondary N) is 1. The predicted octanol–water partition coefficient (Wildman–Crippen LogP) is 0.770. The minimum atomic E-state index is -1.04. The quantitative estimate of drug-likeness (QED) is 0.705. The third kappa shape index (κ3) is 4.22. The largest absolute Gasteiger partial charge is 0.480 e. The summed E-state index contributed by atoms with van der Waals surface area (Å²) in [7, 11) is 2.73. The third-order valence-electron chi connectivity index (χ3n) is 2.43. The number of esters is 1. The summed E-state index contributed by atoms with van der Waals surface area (Å²) in [5, 5.41) is 11.8. The van der Waals surface area contributed by atoms with E-state index in [1.807, 2.05) is 0 Å². The molecule has 19 heavy (non-hydrogen) atoms. The van der Waals surface area contributed by atoms with Crippen molar-refractivity contribution in [3.8, 4) is 0 Å². The minimum Gasteiger partial charge on any atom is -0.480 e. The van der Waals surface area contributed by atoms with Crippen LogP contribution in [0.5, 0.6) is 0 Å². The zero-order valence-electron chi connectivity index (χ0n) is 10.8. The molecular formula is C12H16N2O5. The van der Waals surface area contributed by atoms with Crippen LogP contribution in [0, 0.1) is 0 Å². The first-order chi connectivity index (χ1) is 9.10. The number of aromatic nitrogens is 1. The van der Waals surface area contributed by atoms with Crippen LogP contribution in [-0.2, 0) is 14.3 Å². The second-order valence-corrected chi connectivity index (χ2v) is 3.71. The molecule has 0 bridgehead atoms. The number of hydrogen-bond acceptors (Lipinski definition) is 6. The maximum Gasteiger partial charge on any atom is 0.341 e. The van der Waals surface area contributed by atoms with Gasteiger partial charge in [-0.3, -0.25) is 0 Å². The lowest BCUT2D eigenvalue weighted by Gasteiger charge is -2.16. The molecule has 0 aromatic carbocycles. The number of aliphatic carboxylic acids is 1. The number of ether oxygens (including phenoxy) is 2. The summed E-state index contributed by atoms with van der Waals surface area (Å²) < 4.78 is 9.45. The fraction of sp³-hybridized carbons (Fsp3) is 0.417. The molecule has 7 nitrogen and oxygen atoms in total. The van der Waals surface area contributed by atoms with Crippen molar-refractivity contribution in [2.75, 3.05) is 26.1 Å². The number of methoxy groups -OCH3 is 2. The number of nitrogens with zero attached hydrogens (tertiary/aromatic N) is 1. The van der Waals surface area contributed by atoms with Gasteiger partial charge in [0.25, 0.3) is 0 Å². The molecule has 0 aliphatic carbocycles. The van der Waals surface area contributed by atoms with Crippen LogP contribution in [0.25, 0.3) is 0 Å². The number of pyridine rings is 1. The van der Waals surface area contributed by atoms with Gasteiger partial charge >= 0.3 is 11.9 Å². The Morgan fingerprint density at radius 2 is 2.21 bits per heavy atom. The average Bonchev–Trinajstić information content (AvgIpc) is 2.42. The highest BCUT2D eigenvalue weighted by Gasteiger charge is 2.21. The zero-order valence-corrected chi connectivity index (χ0v) is 10.8. The Morgan fingerprint density at radius 3 is 2.79 bits per heavy atom. The Kier molecular flexibility index (Phi) is 5.74. The molecule has 0 spiro atoms. The third-order valence-corrected chi connectivity index (χ3v) is 2.43. The predicted molar refractivity (Wildman–Crippen MR) is 67.1 cm³/mol. The van der Waals surface area contributed by atoms with Crippen molar-refractivity contribution in [1.29, 1.82) is 0 Å². The number of hydrogen-bond donors (Lipinski definition) is 2. The summed E-state index contributed by atoms with van der Waals surface area (Å²) in [6.45, 7) is 0.282. The van der Waals surface area contributed by atoms with Crippen LogP contribution in [-0.4, -0.2) is 48.9 Å². The fourth-order valence-electron chi connectivity index (χ4n) is 1.45. The van der Waals surface area contributed by atoms with Crippen molar-refractivity contribution in [2.45, 2.75) is 12.5 Å². The van der Waals surface area contributed by atoms with E-state index >= 15 is 0 Å². The van der Waals surface area contributed by atoms with Crippen LogP contribution in [0.15, 0.2) is 18.3 Å². The van der Waals surface area contributed by atoms with E-state index in [2.05, 4.69) is 15.0 Å². The SMILES string of the molecule is COCCC(Nc1ncccc1C(=O)OC)C(=O)O. The highest BCUT2D eigenvalue weighted by molar-refractivity contribution is 5.95. The Morgan fingerprint density at radius 1 is 1.47 bits per heavy atom. The number of anilines is 1. The van der Waals surface area contributed by atoms with Gasteiger partial charge in [-0.25, -0.2) is 14.6 Å². The van der Waals surface area contributed by atoms with Gasteiger partial charge in [0.1, 0.15) is 17.4 Å². The highest BCUT2D eigenvalue weighted by Crippen LogP contribution is 2.14. The molecule has 0 amide bonds. The smallest absolute Gasteiger partial charge is 0.341 e. The molecule has 1 rings (SSSR count). The van der Waals surface area contributed by atoms with E-state index in [9.17, 15) is 9.59 Å². The molecule has 1 aromatic heterocycles. The molecule has 2 N–H and O–H groups in total. The number of carbonyl (C=O) groups is 2. The van der Waals surface area contributed by atoms with Crippen molar-refractivity contribution in [1.82, 2.24) is 4.98 Å². The molecule has 1 heterocycles. The maximum absolute atomic E-state index is 11.5. The summed E-state index contributed by atoms with van der Waals surface area (Å²) in [5.74, 6) is -1.44. The number of rotatable bonds is 7. The average molecular weight is 268 g/mol. The molecule has 1 aromatic rings. The molecule has 0 aliphatic heterocycles. The summed E-state index contributed by atoms with van der Waals surface area (Å²) in [6, 6.07) is 2.19. The van der Waals surface area contributed by atoms with Gasteiger partial charge in [0.2, 0.25) is 0 Å². The van der Waals surface area contributed by atoms with Crippen LogP contribution >= 0.6 is 0 Å². The van der Waals surface area contributed by atoms with E-state index in [-0.39, 0.29) is 24.4 Å². The van der Waals surface area contributed by atoms with Gasteiger partial charge in [0.05, 0.1) is 7.11 Å². The van der Waals surface area contributed by atoms with Gasteiger partial charge < -0.3 is 19.9 Å². The Balaban J connectivity index is 2.89. The Bertz CT molecular complexity index is 450. The molecule has 0 radical (unpaired) electrons. The van der Waals surface area contributed by atoms with E-state index < -0.39 is 18.0 Å². The molecule has 0 saturated carbocycles. The van der Waals surface area contributed by atoms with Gasteiger partial charge in [-0.2, -0.15) is 0 Å². The highest BCUT2D eigenvalue weighted by atomic mass is 16.5. The topological polar surface area (TPSA) is 97.8 Å². The van der Waals surface area contributed by atoms with Gasteiger partial charge in [-0.1, -0.05) is 0 Å². The van der Waals surface area contributed by atoms with Crippen molar-refractivity contribution in [3.63, 3.8) is 0 Å². The van der Waals surface area contributed by atoms with Crippen molar-refractivity contribution < 1.29 is 24.2 Å². The standard InChI is InChI=1S/C12H16N2O5/c1-18-7-5-9(11(15)16)14-10-8(12(17)19-2)4-3-6-13-10/h3-4,6,9H,5,7H2,1-2H3,(H,13,14)(H,15,16). The lowest BCUT2D eigenvalue weighted by atomic mass is 10.2. The van der Waals surface area contributed by atoms with E-state index in [1.165, 1.54) is 26.5 Å². The van der Waals surface area contributed by atoms with Crippen LogP contribution in [0.2, 0.25) is 0 Å². The molecular weight excluding hydrogens is 252 g/mol. The lowest BCUT2D eigenvalue weighted by molar-refractivity contribution is -0.138. The van der Waals surface area contributed by atoms with Crippen LogP contribution in [0.1, 0.15) is 16.8 Å². The maximum atomic E-state index is 11.5. The molecule has 0 aliphatic rings. The van der Waals surface area contributed by atoms with E-state index in [1.54, 1.807) is 6.07 Å². The van der Waals surface area contributed by atoms with Gasteiger partial charge in [-0.15, -0.1) is 0 Å². The van der Waals surface area contributed by atoms with Crippen molar-refractivity contribution in [3.05, 3.63) is 23.9 Å². The van der Waals surface area contributed by atoms with E-state index in [4.69, 9.17) is 9.84 Å². The number of carboxylic acids is 1. The fourth-order valence-corrected chi connectivity index (χ4v) is 1.45. The van der Waals surface area contributed by atoms with Crippen molar-refractivity contribution >= 4 is 17.8 Å². The number of carbonyl (C=O) groups excluding carboxylic acids is 1. The molecule has 0 saturated heterocycles. The summed E-state index contributed by atoms with van der Waals surface area (Å²) in [6.07, 6.45) is 1.72. The lowest BCUT2D eigenvalue weighted by Crippen LogP contribution is -2.31. The van der Waals surface area contributed by atoms with Crippen LogP contribution in [0.3, 0.4) is 0 Å². The number of carboxylic acid groups (broad SMARTS) is 1. The van der Waals surface area contributed by atoms with Gasteiger partial charge in [0.15, 0.2) is 0 Å². The molecule has 1 atom stereocenters. The Labute approximate surface area is 110 Å². The molecule has 1 unspecified atom stereocenters. The van der Waals surface area contributed by atoms with Gasteiger partial charge in [-0.05, 0) is 12.1 Å². The first-order valence-corrected chi connectivity index (χ1v) is 5.61. The minimum absolute atomic E-state index is 0.179. The monoisotopic (exact) mass is 268 g/mol. The molecule has 7 heteroatoms. The second-order valence-electron chi connectivity index (χ2n) is 3.71. The van der Waals surface area contributed by atoms with E-state index in [0.717, 1.165) is 0 Å². The zero-order chi connectivity index (χ0) is 14.3. The molecule has 104 valence electrons. The van der Waals surface area contributed by atoms with Crippen molar-refractivity contribution in [2.24, 2.45) is 0 Å². The first kappa shape index (κ1) is 14.9. The van der Waals surface area contributed by atoms with Crippen LogP contribution in [0.4, 0.5) is 5.82 Å². The Hall–Kier alpha value is -2.15. The van der Waals surface area contributed by atoms with Crippen LogP contribution < -0.4 is 5.32 Å². The summed E-state index contributed by atoms with van der Waals surface area (Å²) in [5.41, 5.74) is 0.189.